The molecule has 0 aliphatic rings. The van der Waals surface area contributed by atoms with Gasteiger partial charge in [0.1, 0.15) is 18.2 Å². The first-order valence-corrected chi connectivity index (χ1v) is 5.48. The predicted octanol–water partition coefficient (Wildman–Crippen LogP) is 0.830. The Hall–Kier alpha value is -2.43. The zero-order chi connectivity index (χ0) is 13.5. The number of aliphatic hydroxyl groups is 1. The highest BCUT2D eigenvalue weighted by molar-refractivity contribution is 5.32. The molecule has 0 amide bonds. The highest BCUT2D eigenvalue weighted by Gasteiger charge is 2.10. The molecule has 19 heavy (non-hydrogen) atoms. The molecule has 0 bridgehead atoms. The van der Waals surface area contributed by atoms with Crippen LogP contribution >= 0.6 is 0 Å². The molecule has 7 heteroatoms. The van der Waals surface area contributed by atoms with Crippen LogP contribution in [-0.2, 0) is 11.3 Å². The van der Waals surface area contributed by atoms with Crippen LogP contribution in [0.25, 0.3) is 0 Å². The average molecular weight is 260 g/mol. The molecule has 2 aromatic heterocycles. The summed E-state index contributed by atoms with van der Waals surface area (Å²) in [6, 6.07) is 3.48. The molecule has 2 rings (SSSR count). The fourth-order valence-corrected chi connectivity index (χ4v) is 1.32. The highest BCUT2D eigenvalue weighted by Crippen LogP contribution is 2.21. The van der Waals surface area contributed by atoms with Gasteiger partial charge in [-0.1, -0.05) is 5.92 Å². The van der Waals surface area contributed by atoms with E-state index < -0.39 is 6.79 Å². The van der Waals surface area contributed by atoms with E-state index in [4.69, 9.17) is 14.6 Å². The van der Waals surface area contributed by atoms with E-state index in [0.717, 1.165) is 0 Å². The van der Waals surface area contributed by atoms with Crippen molar-refractivity contribution in [1.82, 2.24) is 20.4 Å². The first-order chi connectivity index (χ1) is 9.33. The number of hydrogen-bond donors (Lipinski definition) is 2. The summed E-state index contributed by atoms with van der Waals surface area (Å²) in [5.41, 5.74) is 1.13. The Balaban J connectivity index is 2.07. The Morgan fingerprint density at radius 3 is 2.95 bits per heavy atom. The first kappa shape index (κ1) is 13.0. The van der Waals surface area contributed by atoms with Gasteiger partial charge in [-0.3, -0.25) is 0 Å². The van der Waals surface area contributed by atoms with Crippen LogP contribution in [0.4, 0.5) is 0 Å². The number of pyridine rings is 1. The molecule has 0 aliphatic carbocycles. The molecule has 0 fully saturated rings. The summed E-state index contributed by atoms with van der Waals surface area (Å²) in [5.74, 6) is 6.39. The Kier molecular flexibility index (Phi) is 4.44. The largest absolute Gasteiger partial charge is 0.434 e. The number of aromatic amines is 1. The van der Waals surface area contributed by atoms with Crippen molar-refractivity contribution in [3.63, 3.8) is 0 Å². The number of rotatable bonds is 5. The van der Waals surface area contributed by atoms with E-state index in [9.17, 15) is 0 Å². The predicted molar refractivity (Wildman–Crippen MR) is 65.1 cm³/mol. The molecule has 0 saturated carbocycles. The Morgan fingerprint density at radius 1 is 1.37 bits per heavy atom. The lowest BCUT2D eigenvalue weighted by atomic mass is 10.3. The Bertz CT molecular complexity index is 583. The van der Waals surface area contributed by atoms with E-state index in [1.54, 1.807) is 25.3 Å². The van der Waals surface area contributed by atoms with Crippen LogP contribution in [0.5, 0.6) is 11.6 Å². The number of aliphatic hydroxyl groups excluding tert-OH is 1. The normalized spacial score (nSPS) is 9.79. The quantitative estimate of drug-likeness (QED) is 0.611. The summed E-state index contributed by atoms with van der Waals surface area (Å²) in [5, 5.41) is 18.7. The van der Waals surface area contributed by atoms with Gasteiger partial charge in [0.15, 0.2) is 5.69 Å². The minimum atomic E-state index is -0.391. The molecule has 2 heterocycles. The molecule has 2 aromatic rings. The van der Waals surface area contributed by atoms with Crippen LogP contribution in [0.3, 0.4) is 0 Å². The van der Waals surface area contributed by atoms with Crippen molar-refractivity contribution in [2.75, 3.05) is 6.79 Å². The van der Waals surface area contributed by atoms with Gasteiger partial charge in [0.2, 0.25) is 0 Å². The summed E-state index contributed by atoms with van der Waals surface area (Å²) in [4.78, 5) is 4.11. The van der Waals surface area contributed by atoms with Gasteiger partial charge in [-0.15, -0.1) is 5.10 Å². The number of aromatic nitrogens is 4. The van der Waals surface area contributed by atoms with E-state index >= 15 is 0 Å². The molecular formula is C12H12N4O3. The van der Waals surface area contributed by atoms with Crippen molar-refractivity contribution >= 4 is 0 Å². The van der Waals surface area contributed by atoms with Gasteiger partial charge in [0.05, 0.1) is 12.8 Å². The number of ether oxygens (including phenoxy) is 2. The zero-order valence-corrected chi connectivity index (χ0v) is 10.3. The molecule has 7 nitrogen and oxygen atoms in total. The van der Waals surface area contributed by atoms with E-state index in [1.165, 1.54) is 0 Å². The fraction of sp³-hybridized carbons (Fsp3) is 0.250. The number of hydrogen-bond acceptors (Lipinski definition) is 6. The first-order valence-electron chi connectivity index (χ1n) is 5.48. The number of nitrogens with zero attached hydrogens (tertiary/aromatic N) is 3. The lowest BCUT2D eigenvalue weighted by Gasteiger charge is -2.03. The van der Waals surface area contributed by atoms with Crippen LogP contribution in [-0.4, -0.2) is 32.3 Å². The van der Waals surface area contributed by atoms with E-state index in [2.05, 4.69) is 32.2 Å². The summed E-state index contributed by atoms with van der Waals surface area (Å²) >= 11 is 0. The second-order valence-electron chi connectivity index (χ2n) is 3.41. The number of nitrogens with one attached hydrogen (secondary N) is 1. The Morgan fingerprint density at radius 2 is 2.26 bits per heavy atom. The zero-order valence-electron chi connectivity index (χ0n) is 10.3. The van der Waals surface area contributed by atoms with Gasteiger partial charge in [-0.2, -0.15) is 10.3 Å². The number of H-pyrrole nitrogens is 1. The third kappa shape index (κ3) is 3.51. The lowest BCUT2D eigenvalue weighted by Crippen LogP contribution is -1.97. The minimum absolute atomic E-state index is 0.106. The second-order valence-corrected chi connectivity index (χ2v) is 3.41. The molecule has 0 aromatic carbocycles. The standard InChI is InChI=1S/C12H12N4O3/c1-2-3-9-4-5-10(6-13-9)19-12-11(7-18-8-17)14-16-15-12/h4-6,17H,7-8H2,1H3,(H,14,15,16). The van der Waals surface area contributed by atoms with Gasteiger partial charge in [0, 0.05) is 0 Å². The van der Waals surface area contributed by atoms with Crippen molar-refractivity contribution in [2.45, 2.75) is 13.5 Å². The molecule has 0 aliphatic heterocycles. The van der Waals surface area contributed by atoms with Crippen molar-refractivity contribution in [3.05, 3.63) is 29.7 Å². The van der Waals surface area contributed by atoms with Gasteiger partial charge < -0.3 is 14.6 Å². The summed E-state index contributed by atoms with van der Waals surface area (Å²) < 4.78 is 10.3. The smallest absolute Gasteiger partial charge is 0.264 e. The van der Waals surface area contributed by atoms with Gasteiger partial charge in [-0.05, 0) is 25.0 Å². The van der Waals surface area contributed by atoms with Crippen LogP contribution < -0.4 is 4.74 Å². The van der Waals surface area contributed by atoms with Crippen molar-refractivity contribution < 1.29 is 14.6 Å². The van der Waals surface area contributed by atoms with Crippen molar-refractivity contribution in [2.24, 2.45) is 0 Å². The van der Waals surface area contributed by atoms with Crippen LogP contribution in [0, 0.1) is 11.8 Å². The van der Waals surface area contributed by atoms with E-state index in [-0.39, 0.29) is 12.5 Å². The topological polar surface area (TPSA) is 93.2 Å². The Labute approximate surface area is 109 Å². The molecule has 0 saturated heterocycles. The van der Waals surface area contributed by atoms with E-state index in [1.807, 2.05) is 0 Å². The highest BCUT2D eigenvalue weighted by atomic mass is 16.6. The molecule has 0 atom stereocenters. The van der Waals surface area contributed by atoms with Crippen LogP contribution in [0.2, 0.25) is 0 Å². The second kappa shape index (κ2) is 6.49. The maximum atomic E-state index is 8.58. The molecule has 98 valence electrons. The van der Waals surface area contributed by atoms with Gasteiger partial charge in [-0.25, -0.2) is 4.98 Å². The fourth-order valence-electron chi connectivity index (χ4n) is 1.32. The third-order valence-electron chi connectivity index (χ3n) is 2.12. The van der Waals surface area contributed by atoms with E-state index in [0.29, 0.717) is 17.1 Å². The summed E-state index contributed by atoms with van der Waals surface area (Å²) in [6.45, 7) is 1.46. The monoisotopic (exact) mass is 260 g/mol. The lowest BCUT2D eigenvalue weighted by molar-refractivity contribution is -0.0130. The summed E-state index contributed by atoms with van der Waals surface area (Å²) in [7, 11) is 0. The van der Waals surface area contributed by atoms with Crippen LogP contribution in [0.15, 0.2) is 18.3 Å². The molecule has 0 radical (unpaired) electrons. The maximum absolute atomic E-state index is 8.58. The van der Waals surface area contributed by atoms with Crippen molar-refractivity contribution in [1.29, 1.82) is 0 Å². The molecular weight excluding hydrogens is 248 g/mol. The van der Waals surface area contributed by atoms with Crippen LogP contribution in [0.1, 0.15) is 18.3 Å². The van der Waals surface area contributed by atoms with Crippen molar-refractivity contribution in [3.8, 4) is 23.5 Å². The van der Waals surface area contributed by atoms with Gasteiger partial charge >= 0.3 is 0 Å². The summed E-state index contributed by atoms with van der Waals surface area (Å²) in [6.07, 6.45) is 1.55. The molecule has 2 N–H and O–H groups in total. The SMILES string of the molecule is CC#Cc1ccc(Oc2n[nH]nc2COCO)cn1. The van der Waals surface area contributed by atoms with Gasteiger partial charge in [0.25, 0.3) is 5.88 Å². The third-order valence-corrected chi connectivity index (χ3v) is 2.12. The molecule has 0 spiro atoms. The average Bonchev–Trinajstić information content (AvgIpc) is 2.86. The minimum Gasteiger partial charge on any atom is -0.434 e. The maximum Gasteiger partial charge on any atom is 0.264 e. The molecule has 0 unspecified atom stereocenters.